The molecule has 0 aliphatic carbocycles. The van der Waals surface area contributed by atoms with Gasteiger partial charge in [-0.2, -0.15) is 0 Å². The summed E-state index contributed by atoms with van der Waals surface area (Å²) in [5.41, 5.74) is 4.15. The molecule has 3 aromatic rings. The number of rotatable bonds is 8. The van der Waals surface area contributed by atoms with E-state index in [1.807, 2.05) is 50.5 Å². The third-order valence-electron chi connectivity index (χ3n) is 5.10. The van der Waals surface area contributed by atoms with Crippen LogP contribution in [0, 0.1) is 6.92 Å². The van der Waals surface area contributed by atoms with Gasteiger partial charge in [0.25, 0.3) is 5.91 Å². The highest BCUT2D eigenvalue weighted by Crippen LogP contribution is 2.10. The van der Waals surface area contributed by atoms with Crippen LogP contribution in [0.25, 0.3) is 0 Å². The fourth-order valence-electron chi connectivity index (χ4n) is 3.32. The summed E-state index contributed by atoms with van der Waals surface area (Å²) in [6.07, 6.45) is 3.82. The molecule has 0 aliphatic rings. The Hall–Kier alpha value is -2.88. The van der Waals surface area contributed by atoms with E-state index in [4.69, 9.17) is 4.99 Å². The van der Waals surface area contributed by atoms with Gasteiger partial charge in [0.15, 0.2) is 5.96 Å². The normalized spacial score (nSPS) is 11.0. The summed E-state index contributed by atoms with van der Waals surface area (Å²) in [4.78, 5) is 22.6. The van der Waals surface area contributed by atoms with E-state index in [2.05, 4.69) is 44.5 Å². The summed E-state index contributed by atoms with van der Waals surface area (Å²) in [7, 11) is 3.51. The van der Waals surface area contributed by atoms with Crippen LogP contribution in [0.15, 0.2) is 65.9 Å². The van der Waals surface area contributed by atoms with Gasteiger partial charge in [0.1, 0.15) is 5.82 Å². The van der Waals surface area contributed by atoms with Crippen molar-refractivity contribution in [1.82, 2.24) is 25.1 Å². The highest BCUT2D eigenvalue weighted by Gasteiger charge is 2.07. The van der Waals surface area contributed by atoms with E-state index in [1.54, 1.807) is 19.0 Å². The summed E-state index contributed by atoms with van der Waals surface area (Å²) >= 11 is 0. The zero-order valence-corrected chi connectivity index (χ0v) is 22.0. The van der Waals surface area contributed by atoms with Crippen molar-refractivity contribution >= 4 is 35.8 Å². The van der Waals surface area contributed by atoms with Crippen LogP contribution in [0.4, 0.5) is 0 Å². The van der Waals surface area contributed by atoms with E-state index >= 15 is 0 Å². The lowest BCUT2D eigenvalue weighted by molar-refractivity contribution is 0.0827. The number of amides is 1. The minimum atomic E-state index is 0. The second-order valence-electron chi connectivity index (χ2n) is 7.87. The molecule has 1 heterocycles. The maximum atomic E-state index is 12.0. The van der Waals surface area contributed by atoms with Crippen LogP contribution in [0.5, 0.6) is 0 Å². The van der Waals surface area contributed by atoms with Crippen LogP contribution in [0.3, 0.4) is 0 Å². The first kappa shape index (κ1) is 26.4. The molecule has 0 bridgehead atoms. The molecule has 0 fully saturated rings. The number of hydrogen-bond donors (Lipinski definition) is 2. The van der Waals surface area contributed by atoms with Gasteiger partial charge in [-0.05, 0) is 42.7 Å². The van der Waals surface area contributed by atoms with Crippen molar-refractivity contribution < 1.29 is 4.79 Å². The van der Waals surface area contributed by atoms with E-state index in [0.717, 1.165) is 36.0 Å². The third-order valence-corrected chi connectivity index (χ3v) is 5.10. The number of aromatic nitrogens is 2. The Morgan fingerprint density at radius 2 is 1.79 bits per heavy atom. The topological polar surface area (TPSA) is 74.5 Å². The first-order valence-electron chi connectivity index (χ1n) is 10.8. The number of imidazole rings is 1. The van der Waals surface area contributed by atoms with Crippen LogP contribution in [0.2, 0.25) is 0 Å². The standard InChI is InChI=1S/C25H32N6O.HI/c1-5-26-25(28-16-20-9-11-23(12-10-20)24(32)30(3)4)29-17-21-7-6-8-22(15-21)18-31-14-13-27-19(31)2;/h6-15H,5,16-18H2,1-4H3,(H2,26,28,29);1H. The smallest absolute Gasteiger partial charge is 0.253 e. The first-order valence-corrected chi connectivity index (χ1v) is 10.8. The molecule has 1 aromatic heterocycles. The fraction of sp³-hybridized carbons (Fsp3) is 0.320. The predicted octanol–water partition coefficient (Wildman–Crippen LogP) is 3.81. The Kier molecular flexibility index (Phi) is 10.4. The predicted molar refractivity (Wildman–Crippen MR) is 144 cm³/mol. The summed E-state index contributed by atoms with van der Waals surface area (Å²) in [5, 5.41) is 6.66. The summed E-state index contributed by atoms with van der Waals surface area (Å²) in [6, 6.07) is 16.1. The zero-order valence-electron chi connectivity index (χ0n) is 19.7. The van der Waals surface area contributed by atoms with E-state index in [9.17, 15) is 4.79 Å². The number of halogens is 1. The van der Waals surface area contributed by atoms with Gasteiger partial charge in [-0.3, -0.25) is 4.79 Å². The second-order valence-corrected chi connectivity index (χ2v) is 7.87. The molecule has 2 aromatic carbocycles. The van der Waals surface area contributed by atoms with Crippen molar-refractivity contribution in [2.75, 3.05) is 20.6 Å². The van der Waals surface area contributed by atoms with Crippen molar-refractivity contribution in [1.29, 1.82) is 0 Å². The molecule has 0 aliphatic heterocycles. The Bertz CT molecular complexity index is 1060. The van der Waals surface area contributed by atoms with Gasteiger partial charge in [-0.15, -0.1) is 24.0 Å². The van der Waals surface area contributed by atoms with Gasteiger partial charge >= 0.3 is 0 Å². The maximum absolute atomic E-state index is 12.0. The molecular formula is C25H33IN6O. The summed E-state index contributed by atoms with van der Waals surface area (Å²) in [5.74, 6) is 1.77. The molecule has 176 valence electrons. The Morgan fingerprint density at radius 3 is 2.42 bits per heavy atom. The van der Waals surface area contributed by atoms with Crippen LogP contribution in [-0.2, 0) is 19.6 Å². The van der Waals surface area contributed by atoms with Crippen LogP contribution in [-0.4, -0.2) is 47.0 Å². The van der Waals surface area contributed by atoms with Crippen molar-refractivity contribution in [3.8, 4) is 0 Å². The van der Waals surface area contributed by atoms with Gasteiger partial charge in [-0.1, -0.05) is 36.4 Å². The summed E-state index contributed by atoms with van der Waals surface area (Å²) < 4.78 is 2.13. The number of hydrogen-bond acceptors (Lipinski definition) is 3. The fourth-order valence-corrected chi connectivity index (χ4v) is 3.32. The second kappa shape index (κ2) is 13.0. The van der Waals surface area contributed by atoms with Crippen molar-refractivity contribution in [2.45, 2.75) is 33.5 Å². The lowest BCUT2D eigenvalue weighted by Gasteiger charge is -2.13. The highest BCUT2D eigenvalue weighted by molar-refractivity contribution is 14.0. The number of guanidine groups is 1. The number of carbonyl (C=O) groups is 1. The molecule has 0 atom stereocenters. The molecule has 0 saturated heterocycles. The Morgan fingerprint density at radius 1 is 1.06 bits per heavy atom. The van der Waals surface area contributed by atoms with E-state index in [1.165, 1.54) is 5.56 Å². The summed E-state index contributed by atoms with van der Waals surface area (Å²) in [6.45, 7) is 6.85. The lowest BCUT2D eigenvalue weighted by Crippen LogP contribution is -2.36. The molecule has 0 radical (unpaired) electrons. The number of benzene rings is 2. The molecule has 33 heavy (non-hydrogen) atoms. The monoisotopic (exact) mass is 560 g/mol. The SMILES string of the molecule is CCNC(=NCc1cccc(Cn2ccnc2C)c1)NCc1ccc(C(=O)N(C)C)cc1.I. The average Bonchev–Trinajstić information content (AvgIpc) is 3.20. The molecule has 7 nitrogen and oxygen atoms in total. The molecular weight excluding hydrogens is 527 g/mol. The van der Waals surface area contributed by atoms with Gasteiger partial charge in [-0.25, -0.2) is 9.98 Å². The number of nitrogens with zero attached hydrogens (tertiary/aromatic N) is 4. The minimum Gasteiger partial charge on any atom is -0.357 e. The molecule has 0 unspecified atom stereocenters. The molecule has 0 saturated carbocycles. The minimum absolute atomic E-state index is 0. The maximum Gasteiger partial charge on any atom is 0.253 e. The molecule has 3 rings (SSSR count). The third kappa shape index (κ3) is 7.88. The van der Waals surface area contributed by atoms with E-state index in [0.29, 0.717) is 18.7 Å². The van der Waals surface area contributed by atoms with Gasteiger partial charge in [0.05, 0.1) is 6.54 Å². The molecule has 1 amide bonds. The Labute approximate surface area is 213 Å². The van der Waals surface area contributed by atoms with Crippen LogP contribution >= 0.6 is 24.0 Å². The quantitative estimate of drug-likeness (QED) is 0.250. The van der Waals surface area contributed by atoms with Crippen LogP contribution in [0.1, 0.15) is 39.8 Å². The van der Waals surface area contributed by atoms with E-state index in [-0.39, 0.29) is 29.9 Å². The highest BCUT2D eigenvalue weighted by atomic mass is 127. The number of nitrogens with one attached hydrogen (secondary N) is 2. The van der Waals surface area contributed by atoms with E-state index < -0.39 is 0 Å². The van der Waals surface area contributed by atoms with Crippen molar-refractivity contribution in [3.05, 3.63) is 89.0 Å². The number of carbonyl (C=O) groups excluding carboxylic acids is 1. The van der Waals surface area contributed by atoms with Crippen molar-refractivity contribution in [2.24, 2.45) is 4.99 Å². The number of aryl methyl sites for hydroxylation is 1. The van der Waals surface area contributed by atoms with Crippen molar-refractivity contribution in [3.63, 3.8) is 0 Å². The van der Waals surface area contributed by atoms with Gasteiger partial charge < -0.3 is 20.1 Å². The molecule has 0 spiro atoms. The largest absolute Gasteiger partial charge is 0.357 e. The van der Waals surface area contributed by atoms with Gasteiger partial charge in [0.2, 0.25) is 0 Å². The molecule has 8 heteroatoms. The van der Waals surface area contributed by atoms with Crippen LogP contribution < -0.4 is 10.6 Å². The zero-order chi connectivity index (χ0) is 22.9. The molecule has 2 N–H and O–H groups in total. The first-order chi connectivity index (χ1) is 15.5. The van der Waals surface area contributed by atoms with Gasteiger partial charge in [0, 0.05) is 51.7 Å². The Balaban J connectivity index is 0.00000385. The number of aliphatic imine (C=N–C) groups is 1. The lowest BCUT2D eigenvalue weighted by atomic mass is 10.1. The average molecular weight is 560 g/mol.